The predicted molar refractivity (Wildman–Crippen MR) is 97.2 cm³/mol. The molecule has 0 aliphatic carbocycles. The minimum atomic E-state index is -3.61. The Morgan fingerprint density at radius 1 is 1.19 bits per heavy atom. The fourth-order valence-corrected chi connectivity index (χ4v) is 4.37. The number of likely N-dealkylation sites (N-methyl/N-ethyl adjacent to an activating group) is 1. The Kier molecular flexibility index (Phi) is 6.65. The van der Waals surface area contributed by atoms with Crippen LogP contribution < -0.4 is 0 Å². The maximum Gasteiger partial charge on any atom is 0.309 e. The molecule has 26 heavy (non-hydrogen) atoms. The Labute approximate surface area is 158 Å². The van der Waals surface area contributed by atoms with Gasteiger partial charge in [0.05, 0.1) is 10.8 Å². The standard InChI is InChI=1S/C17H23ClN2O5S/c1-12(16(21)19(2)3)25-17(22)13-8-10-20(11-9-13)26(23,24)15-6-4-14(18)5-7-15/h4-7,12-13H,8-11H2,1-3H3/t12-/m1/s1. The number of rotatable bonds is 5. The zero-order chi connectivity index (χ0) is 19.5. The maximum absolute atomic E-state index is 12.6. The van der Waals surface area contributed by atoms with Gasteiger partial charge < -0.3 is 9.64 Å². The van der Waals surface area contributed by atoms with E-state index in [1.165, 1.54) is 40.4 Å². The topological polar surface area (TPSA) is 84.0 Å². The quantitative estimate of drug-likeness (QED) is 0.701. The molecule has 9 heteroatoms. The van der Waals surface area contributed by atoms with Gasteiger partial charge in [-0.15, -0.1) is 0 Å². The number of hydrogen-bond acceptors (Lipinski definition) is 5. The van der Waals surface area contributed by atoms with Gasteiger partial charge >= 0.3 is 5.97 Å². The Morgan fingerprint density at radius 2 is 1.73 bits per heavy atom. The number of piperidine rings is 1. The maximum atomic E-state index is 12.6. The number of nitrogens with zero attached hydrogens (tertiary/aromatic N) is 2. The Hall–Kier alpha value is -1.64. The third-order valence-electron chi connectivity index (χ3n) is 4.32. The second-order valence-electron chi connectivity index (χ2n) is 6.44. The van der Waals surface area contributed by atoms with E-state index in [1.54, 1.807) is 14.1 Å². The fraction of sp³-hybridized carbons (Fsp3) is 0.529. The molecule has 0 N–H and O–H groups in total. The molecule has 1 heterocycles. The number of hydrogen-bond donors (Lipinski definition) is 0. The molecule has 144 valence electrons. The largest absolute Gasteiger partial charge is 0.452 e. The van der Waals surface area contributed by atoms with Gasteiger partial charge in [-0.25, -0.2) is 8.42 Å². The normalized spacial score (nSPS) is 17.5. The van der Waals surface area contributed by atoms with E-state index in [-0.39, 0.29) is 23.9 Å². The highest BCUT2D eigenvalue weighted by molar-refractivity contribution is 7.89. The van der Waals surface area contributed by atoms with E-state index in [1.807, 2.05) is 0 Å². The van der Waals surface area contributed by atoms with Crippen LogP contribution in [0.15, 0.2) is 29.2 Å². The van der Waals surface area contributed by atoms with Gasteiger partial charge in [0.25, 0.3) is 5.91 Å². The first-order valence-corrected chi connectivity index (χ1v) is 10.1. The van der Waals surface area contributed by atoms with Crippen LogP contribution in [0, 0.1) is 5.92 Å². The molecular weight excluding hydrogens is 380 g/mol. The molecule has 0 bridgehead atoms. The SMILES string of the molecule is C[C@@H](OC(=O)C1CCN(S(=O)(=O)c2ccc(Cl)cc2)CC1)C(=O)N(C)C. The molecule has 1 saturated heterocycles. The van der Waals surface area contributed by atoms with Crippen LogP contribution in [-0.4, -0.2) is 62.8 Å². The summed E-state index contributed by atoms with van der Waals surface area (Å²) in [6.07, 6.45) is -0.142. The molecule has 7 nitrogen and oxygen atoms in total. The summed E-state index contributed by atoms with van der Waals surface area (Å²) in [5.41, 5.74) is 0. The third-order valence-corrected chi connectivity index (χ3v) is 6.48. The minimum Gasteiger partial charge on any atom is -0.452 e. The van der Waals surface area contributed by atoms with Gasteiger partial charge in [-0.1, -0.05) is 11.6 Å². The van der Waals surface area contributed by atoms with Crippen molar-refractivity contribution in [2.45, 2.75) is 30.8 Å². The molecule has 1 aromatic carbocycles. The fourth-order valence-electron chi connectivity index (χ4n) is 2.77. The van der Waals surface area contributed by atoms with E-state index in [9.17, 15) is 18.0 Å². The first kappa shape index (κ1) is 20.7. The molecule has 1 atom stereocenters. The number of amides is 1. The highest BCUT2D eigenvalue weighted by Gasteiger charge is 2.34. The first-order valence-electron chi connectivity index (χ1n) is 8.30. The zero-order valence-electron chi connectivity index (χ0n) is 15.0. The lowest BCUT2D eigenvalue weighted by Gasteiger charge is -2.30. The molecule has 0 radical (unpaired) electrons. The number of halogens is 1. The van der Waals surface area contributed by atoms with Crippen LogP contribution in [0.25, 0.3) is 0 Å². The van der Waals surface area contributed by atoms with E-state index in [4.69, 9.17) is 16.3 Å². The van der Waals surface area contributed by atoms with Crippen LogP contribution in [0.2, 0.25) is 5.02 Å². The van der Waals surface area contributed by atoms with E-state index in [0.29, 0.717) is 17.9 Å². The van der Waals surface area contributed by atoms with Crippen molar-refractivity contribution >= 4 is 33.5 Å². The lowest BCUT2D eigenvalue weighted by atomic mass is 9.98. The number of benzene rings is 1. The molecule has 0 aromatic heterocycles. The first-order chi connectivity index (χ1) is 12.1. The summed E-state index contributed by atoms with van der Waals surface area (Å²) in [6, 6.07) is 5.99. The monoisotopic (exact) mass is 402 g/mol. The van der Waals surface area contributed by atoms with Crippen molar-refractivity contribution in [3.8, 4) is 0 Å². The van der Waals surface area contributed by atoms with Crippen LogP contribution in [0.4, 0.5) is 0 Å². The summed E-state index contributed by atoms with van der Waals surface area (Å²) in [5, 5.41) is 0.465. The third kappa shape index (κ3) is 4.75. The summed E-state index contributed by atoms with van der Waals surface area (Å²) in [5.74, 6) is -1.17. The highest BCUT2D eigenvalue weighted by atomic mass is 35.5. The number of carbonyl (C=O) groups excluding carboxylic acids is 2. The molecule has 1 aliphatic rings. The Morgan fingerprint density at radius 3 is 2.23 bits per heavy atom. The molecule has 0 saturated carbocycles. The molecule has 1 aromatic rings. The van der Waals surface area contributed by atoms with E-state index in [0.717, 1.165) is 0 Å². The van der Waals surface area contributed by atoms with Crippen molar-refractivity contribution < 1.29 is 22.7 Å². The van der Waals surface area contributed by atoms with Gasteiger partial charge in [0.2, 0.25) is 10.0 Å². The van der Waals surface area contributed by atoms with Crippen molar-refractivity contribution in [2.75, 3.05) is 27.2 Å². The summed E-state index contributed by atoms with van der Waals surface area (Å²) in [4.78, 5) is 25.5. The summed E-state index contributed by atoms with van der Waals surface area (Å²) in [7, 11) is -0.434. The van der Waals surface area contributed by atoms with Crippen LogP contribution in [0.1, 0.15) is 19.8 Å². The molecule has 0 unspecified atom stereocenters. The van der Waals surface area contributed by atoms with Gasteiger partial charge in [-0.3, -0.25) is 9.59 Å². The number of sulfonamides is 1. The average molecular weight is 403 g/mol. The number of carbonyl (C=O) groups is 2. The lowest BCUT2D eigenvalue weighted by molar-refractivity contribution is -0.162. The highest BCUT2D eigenvalue weighted by Crippen LogP contribution is 2.25. The molecule has 0 spiro atoms. The van der Waals surface area contributed by atoms with Crippen molar-refractivity contribution in [2.24, 2.45) is 5.92 Å². The average Bonchev–Trinajstić information content (AvgIpc) is 2.61. The minimum absolute atomic E-state index is 0.174. The van der Waals surface area contributed by atoms with Crippen LogP contribution >= 0.6 is 11.6 Å². The Bertz CT molecular complexity index is 756. The smallest absolute Gasteiger partial charge is 0.309 e. The van der Waals surface area contributed by atoms with E-state index >= 15 is 0 Å². The van der Waals surface area contributed by atoms with Crippen molar-refractivity contribution in [1.82, 2.24) is 9.21 Å². The number of esters is 1. The van der Waals surface area contributed by atoms with Crippen LogP contribution in [-0.2, 0) is 24.3 Å². The van der Waals surface area contributed by atoms with Gasteiger partial charge in [0.1, 0.15) is 0 Å². The van der Waals surface area contributed by atoms with Crippen LogP contribution in [0.5, 0.6) is 0 Å². The summed E-state index contributed by atoms with van der Waals surface area (Å²) in [6.45, 7) is 1.97. The lowest BCUT2D eigenvalue weighted by Crippen LogP contribution is -2.42. The van der Waals surface area contributed by atoms with Crippen molar-refractivity contribution in [3.05, 3.63) is 29.3 Å². The Balaban J connectivity index is 1.95. The second kappa shape index (κ2) is 8.37. The van der Waals surface area contributed by atoms with Crippen LogP contribution in [0.3, 0.4) is 0 Å². The van der Waals surface area contributed by atoms with Gasteiger partial charge in [-0.2, -0.15) is 4.31 Å². The van der Waals surface area contributed by atoms with Gasteiger partial charge in [0, 0.05) is 32.2 Å². The number of ether oxygens (including phenoxy) is 1. The van der Waals surface area contributed by atoms with Crippen molar-refractivity contribution in [1.29, 1.82) is 0 Å². The zero-order valence-corrected chi connectivity index (χ0v) is 16.6. The van der Waals surface area contributed by atoms with Crippen molar-refractivity contribution in [3.63, 3.8) is 0 Å². The molecular formula is C17H23ClN2O5S. The van der Waals surface area contributed by atoms with E-state index in [2.05, 4.69) is 0 Å². The molecule has 1 aliphatic heterocycles. The summed E-state index contributed by atoms with van der Waals surface area (Å²) >= 11 is 5.80. The second-order valence-corrected chi connectivity index (χ2v) is 8.82. The van der Waals surface area contributed by atoms with E-state index < -0.39 is 28.0 Å². The van der Waals surface area contributed by atoms with Gasteiger partial charge in [-0.05, 0) is 44.0 Å². The molecule has 1 amide bonds. The molecule has 1 fully saturated rings. The predicted octanol–water partition coefficient (Wildman–Crippen LogP) is 1.76. The summed E-state index contributed by atoms with van der Waals surface area (Å²) < 4.78 is 31.8. The molecule has 2 rings (SSSR count). The van der Waals surface area contributed by atoms with Gasteiger partial charge in [0.15, 0.2) is 6.10 Å².